The first-order valence-electron chi connectivity index (χ1n) is 17.6. The molecule has 12 nitrogen and oxygen atoms in total. The van der Waals surface area contributed by atoms with Crippen LogP contribution in [0.2, 0.25) is 0 Å². The Bertz CT molecular complexity index is 2510. The molecular weight excluding hydrogens is 837 g/mol. The number of fused-ring (bicyclic) bond motifs is 2. The van der Waals surface area contributed by atoms with E-state index >= 15 is 0 Å². The molecule has 0 aliphatic carbocycles. The first-order valence-corrected chi connectivity index (χ1v) is 18.4. The van der Waals surface area contributed by atoms with Crippen molar-refractivity contribution in [3.63, 3.8) is 0 Å². The molecule has 300 valence electrons. The Kier molecular flexibility index (Phi) is 12.8. The van der Waals surface area contributed by atoms with Gasteiger partial charge in [-0.05, 0) is 76.2 Å². The van der Waals surface area contributed by atoms with E-state index in [1.165, 1.54) is 22.8 Å². The average molecular weight is 869 g/mol. The maximum atomic E-state index is 13.2. The van der Waals surface area contributed by atoms with E-state index in [9.17, 15) is 35.9 Å². The predicted octanol–water partition coefficient (Wildman–Crippen LogP) is 6.08. The van der Waals surface area contributed by atoms with Gasteiger partial charge in [-0.3, -0.25) is 28.7 Å². The van der Waals surface area contributed by atoms with E-state index in [4.69, 9.17) is 10.0 Å². The summed E-state index contributed by atoms with van der Waals surface area (Å²) in [6.07, 6.45) is -0.783. The molecule has 2 aliphatic rings. The summed E-state index contributed by atoms with van der Waals surface area (Å²) in [7, 11) is -1.87. The third-order valence-electron chi connectivity index (χ3n) is 8.86. The molecule has 0 saturated heterocycles. The van der Waals surface area contributed by atoms with Crippen LogP contribution in [0.5, 0.6) is 0 Å². The molecule has 0 spiro atoms. The van der Waals surface area contributed by atoms with E-state index in [1.807, 2.05) is 12.1 Å². The van der Waals surface area contributed by atoms with Crippen LogP contribution in [-0.2, 0) is 25.4 Å². The van der Waals surface area contributed by atoms with Crippen LogP contribution in [0, 0.1) is 0 Å². The van der Waals surface area contributed by atoms with Gasteiger partial charge in [-0.2, -0.15) is 26.3 Å². The third kappa shape index (κ3) is 9.63. The number of rotatable bonds is 4. The van der Waals surface area contributed by atoms with Crippen LogP contribution in [0.4, 0.5) is 38.2 Å². The van der Waals surface area contributed by atoms with Crippen LogP contribution in [0.3, 0.4) is 0 Å². The molecule has 0 amide bonds. The van der Waals surface area contributed by atoms with Gasteiger partial charge in [0.1, 0.15) is 4.47 Å². The highest BCUT2D eigenvalue weighted by Crippen LogP contribution is 2.35. The molecule has 0 radical (unpaired) electrons. The zero-order valence-electron chi connectivity index (χ0n) is 30.1. The first-order chi connectivity index (χ1) is 27.6. The van der Waals surface area contributed by atoms with Crippen molar-refractivity contribution < 1.29 is 36.4 Å². The van der Waals surface area contributed by atoms with Gasteiger partial charge in [-0.1, -0.05) is 36.4 Å². The minimum Gasteiger partial charge on any atom is -0.423 e. The van der Waals surface area contributed by atoms with E-state index in [0.717, 1.165) is 49.2 Å². The minimum atomic E-state index is -4.49. The lowest BCUT2D eigenvalue weighted by atomic mass is 9.79. The second-order valence-electron chi connectivity index (χ2n) is 12.8. The second kappa shape index (κ2) is 17.7. The summed E-state index contributed by atoms with van der Waals surface area (Å²) in [6, 6.07) is 15.7. The second-order valence-corrected chi connectivity index (χ2v) is 13.6. The number of nitrogens with one attached hydrogen (secondary N) is 2. The minimum absolute atomic E-state index is 0.0426. The van der Waals surface area contributed by atoms with E-state index < -0.39 is 30.6 Å². The molecule has 6 aromatic rings. The van der Waals surface area contributed by atoms with Crippen molar-refractivity contribution in [2.45, 2.75) is 38.3 Å². The van der Waals surface area contributed by atoms with Crippen molar-refractivity contribution >= 4 is 40.4 Å². The van der Waals surface area contributed by atoms with Crippen molar-refractivity contribution in [1.29, 1.82) is 0 Å². The lowest BCUT2D eigenvalue weighted by molar-refractivity contribution is -0.138. The molecule has 58 heavy (non-hydrogen) atoms. The first kappa shape index (κ1) is 41.8. The Balaban J connectivity index is 0.000000158. The summed E-state index contributed by atoms with van der Waals surface area (Å²) in [5, 5.41) is 23.4. The summed E-state index contributed by atoms with van der Waals surface area (Å²) in [4.78, 5) is 42.4. The quantitative estimate of drug-likeness (QED) is 0.121. The van der Waals surface area contributed by atoms with Crippen molar-refractivity contribution in [2.75, 3.05) is 23.7 Å². The summed E-state index contributed by atoms with van der Waals surface area (Å²) < 4.78 is 79.3. The average Bonchev–Trinajstić information content (AvgIpc) is 3.23. The number of hydrogen-bond donors (Lipinski definition) is 4. The van der Waals surface area contributed by atoms with Crippen LogP contribution in [0.1, 0.15) is 24.0 Å². The van der Waals surface area contributed by atoms with Gasteiger partial charge in [0.2, 0.25) is 11.9 Å². The maximum absolute atomic E-state index is 13.2. The van der Waals surface area contributed by atoms with Gasteiger partial charge in [-0.15, -0.1) is 0 Å². The molecular formula is C38H32BBrF6N8O4. The molecule has 6 heterocycles. The number of halogens is 7. The Morgan fingerprint density at radius 3 is 1.66 bits per heavy atom. The van der Waals surface area contributed by atoms with Gasteiger partial charge in [0.25, 0.3) is 11.1 Å². The summed E-state index contributed by atoms with van der Waals surface area (Å²) in [6.45, 7) is 2.72. The van der Waals surface area contributed by atoms with E-state index in [0.29, 0.717) is 59.0 Å². The molecule has 20 heteroatoms. The van der Waals surface area contributed by atoms with Crippen LogP contribution in [-0.4, -0.2) is 59.3 Å². The van der Waals surface area contributed by atoms with E-state index in [2.05, 4.69) is 46.5 Å². The zero-order chi connectivity index (χ0) is 41.6. The normalized spacial score (nSPS) is 13.3. The molecule has 2 aromatic carbocycles. The van der Waals surface area contributed by atoms with Gasteiger partial charge in [0.15, 0.2) is 0 Å². The zero-order valence-corrected chi connectivity index (χ0v) is 31.7. The molecule has 0 fully saturated rings. The molecule has 0 atom stereocenters. The molecule has 4 aromatic heterocycles. The number of anilines is 2. The monoisotopic (exact) mass is 868 g/mol. The summed E-state index contributed by atoms with van der Waals surface area (Å²) in [5.74, 6) is 1.06. The number of nitrogens with zero attached hydrogens (tertiary/aromatic N) is 6. The van der Waals surface area contributed by atoms with Gasteiger partial charge in [-0.25, -0.2) is 9.97 Å². The highest BCUT2D eigenvalue weighted by molar-refractivity contribution is 9.10. The molecule has 0 bridgehead atoms. The number of alkyl halides is 6. The Labute approximate surface area is 334 Å². The molecule has 2 aliphatic heterocycles. The summed E-state index contributed by atoms with van der Waals surface area (Å²) in [5.41, 5.74) is 0.557. The summed E-state index contributed by atoms with van der Waals surface area (Å²) >= 11 is 3.35. The fourth-order valence-corrected chi connectivity index (χ4v) is 6.58. The SMILES string of the molecule is O=c1c(-c2cccc(C(F)(F)F)c2)c(-c2ccncc2)nc2n1CCCN2.O=c1c(Br)c(-c2ccncc2)nc2n1CCCN2.OB(O)c1cccc(C(F)(F)F)c1. The topological polar surface area (TPSA) is 160 Å². The van der Waals surface area contributed by atoms with Gasteiger partial charge >= 0.3 is 19.5 Å². The van der Waals surface area contributed by atoms with Crippen molar-refractivity contribution in [3.05, 3.63) is 134 Å². The number of pyridine rings is 2. The highest BCUT2D eigenvalue weighted by atomic mass is 79.9. The van der Waals surface area contributed by atoms with Crippen LogP contribution in [0.15, 0.2) is 112 Å². The van der Waals surface area contributed by atoms with Crippen LogP contribution in [0.25, 0.3) is 33.6 Å². The fraction of sp³-hybridized carbons (Fsp3) is 0.211. The smallest absolute Gasteiger partial charge is 0.423 e. The lowest BCUT2D eigenvalue weighted by Gasteiger charge is -2.22. The van der Waals surface area contributed by atoms with E-state index in [-0.39, 0.29) is 27.7 Å². The largest absolute Gasteiger partial charge is 0.488 e. The highest BCUT2D eigenvalue weighted by Gasteiger charge is 2.32. The van der Waals surface area contributed by atoms with Gasteiger partial charge < -0.3 is 20.7 Å². The number of hydrogen-bond acceptors (Lipinski definition) is 10. The predicted molar refractivity (Wildman–Crippen MR) is 209 cm³/mol. The molecule has 0 saturated carbocycles. The standard InChI is InChI=1S/C19H15F3N4O.C12H11BrN4O.C7H6BF3O2/c20-19(21,22)14-4-1-3-13(11-14)15-16(12-5-8-23-9-6-12)25-18-24-7-2-10-26(18)17(15)27;13-9-10(8-2-5-14-6-3-8)16-12-15-4-1-7-17(12)11(9)18;9-7(10,11)5-2-1-3-6(4-5)8(12)13/h1,3-6,8-9,11H,2,7,10H2,(H,24,25);2-3,5-6H,1,4,7H2,(H,15,16);1-4,12-13H. The third-order valence-corrected chi connectivity index (χ3v) is 9.58. The van der Waals surface area contributed by atoms with Crippen molar-refractivity contribution in [1.82, 2.24) is 29.1 Å². The van der Waals surface area contributed by atoms with Crippen molar-refractivity contribution in [3.8, 4) is 33.6 Å². The Morgan fingerprint density at radius 1 is 0.638 bits per heavy atom. The molecule has 8 rings (SSSR count). The van der Waals surface area contributed by atoms with E-state index in [1.54, 1.807) is 41.5 Å². The maximum Gasteiger partial charge on any atom is 0.488 e. The van der Waals surface area contributed by atoms with Crippen LogP contribution >= 0.6 is 15.9 Å². The van der Waals surface area contributed by atoms with Crippen LogP contribution < -0.4 is 27.2 Å². The number of aromatic nitrogens is 6. The lowest BCUT2D eigenvalue weighted by Crippen LogP contribution is -2.31. The Hall–Kier alpha value is -5.86. The molecule has 0 unspecified atom stereocenters. The fourth-order valence-electron chi connectivity index (χ4n) is 6.05. The van der Waals surface area contributed by atoms with Gasteiger partial charge in [0.05, 0.1) is 28.1 Å². The number of benzene rings is 2. The van der Waals surface area contributed by atoms with Crippen molar-refractivity contribution in [2.24, 2.45) is 0 Å². The Morgan fingerprint density at radius 2 is 1.12 bits per heavy atom. The molecule has 4 N–H and O–H groups in total. The van der Waals surface area contributed by atoms with Gasteiger partial charge in [0, 0.05) is 62.1 Å².